The van der Waals surface area contributed by atoms with Crippen molar-refractivity contribution in [2.75, 3.05) is 18.1 Å². The van der Waals surface area contributed by atoms with Crippen molar-refractivity contribution >= 4 is 34.7 Å². The van der Waals surface area contributed by atoms with E-state index >= 15 is 4.39 Å². The van der Waals surface area contributed by atoms with E-state index in [1.165, 1.54) is 11.0 Å². The van der Waals surface area contributed by atoms with E-state index in [9.17, 15) is 9.69 Å². The van der Waals surface area contributed by atoms with Gasteiger partial charge in [-0.15, -0.1) is 5.10 Å². The van der Waals surface area contributed by atoms with Gasteiger partial charge >= 0.3 is 23.3 Å². The van der Waals surface area contributed by atoms with Crippen molar-refractivity contribution in [3.8, 4) is 11.1 Å². The number of aromatic nitrogens is 4. The fourth-order valence-corrected chi connectivity index (χ4v) is 7.26. The average molecular weight is 823 g/mol. The third-order valence-corrected chi connectivity index (χ3v) is 10.3. The molecular weight excluding hydrogens is 765 g/mol. The topological polar surface area (TPSA) is 161 Å². The van der Waals surface area contributed by atoms with E-state index < -0.39 is 46.4 Å². The molecule has 2 unspecified atom stereocenters. The van der Waals surface area contributed by atoms with Crippen molar-refractivity contribution < 1.29 is 46.3 Å². The van der Waals surface area contributed by atoms with Crippen molar-refractivity contribution in [3.05, 3.63) is 60.4 Å². The summed E-state index contributed by atoms with van der Waals surface area (Å²) in [5.74, 6) is -0.475. The number of anilines is 1. The molecule has 1 N–H and O–H groups in total. The number of benzene rings is 1. The Morgan fingerprint density at radius 1 is 0.893 bits per heavy atom. The van der Waals surface area contributed by atoms with Crippen LogP contribution >= 0.6 is 17.2 Å². The number of nitrogens with zero attached hydrogens (tertiary/aromatic N) is 6. The van der Waals surface area contributed by atoms with Gasteiger partial charge in [0.05, 0.1) is 59.7 Å². The third kappa shape index (κ3) is 15.6. The summed E-state index contributed by atoms with van der Waals surface area (Å²) in [5, 5.41) is 11.9. The monoisotopic (exact) mass is 822 g/mol. The molecule has 2 atom stereocenters. The van der Waals surface area contributed by atoms with Crippen LogP contribution in [0.2, 0.25) is 0 Å². The molecular formula is C38H57FN6O9P2. The number of amides is 1. The zero-order valence-corrected chi connectivity index (χ0v) is 36.3. The molecule has 15 nitrogen and oxygen atoms in total. The van der Waals surface area contributed by atoms with Gasteiger partial charge in [-0.3, -0.25) is 9.88 Å². The van der Waals surface area contributed by atoms with Crippen molar-refractivity contribution in [2.24, 2.45) is 5.16 Å². The molecule has 0 saturated carbocycles. The third-order valence-electron chi connectivity index (χ3n) is 7.14. The van der Waals surface area contributed by atoms with Gasteiger partial charge in [-0.25, -0.2) is 13.9 Å². The lowest BCUT2D eigenvalue weighted by Crippen LogP contribution is -2.26. The van der Waals surface area contributed by atoms with Crippen LogP contribution in [0.3, 0.4) is 0 Å². The number of ether oxygens (including phenoxy) is 1. The number of carbonyl (C=O) groups excluding carboxylic acids is 1. The Balaban J connectivity index is 0.000000501. The van der Waals surface area contributed by atoms with E-state index in [2.05, 4.69) is 20.5 Å². The molecule has 56 heavy (non-hydrogen) atoms. The molecule has 0 bridgehead atoms. The molecule has 1 saturated heterocycles. The lowest BCUT2D eigenvalue weighted by molar-refractivity contribution is 0.0230. The van der Waals surface area contributed by atoms with Crippen LogP contribution in [-0.4, -0.2) is 84.4 Å². The number of rotatable bonds is 13. The van der Waals surface area contributed by atoms with Crippen molar-refractivity contribution in [1.82, 2.24) is 20.0 Å². The maximum absolute atomic E-state index is 15.2. The minimum Gasteiger partial charge on any atom is -0.442 e. The molecule has 2 aromatic heterocycles. The first kappa shape index (κ1) is 45.5. The molecule has 2 aliphatic heterocycles. The fraction of sp³-hybridized carbons (Fsp3) is 0.605. The quantitative estimate of drug-likeness (QED) is 0.163. The van der Waals surface area contributed by atoms with Gasteiger partial charge in [0.1, 0.15) is 23.7 Å². The molecule has 0 aliphatic carbocycles. The second-order valence-corrected chi connectivity index (χ2v) is 19.1. The zero-order chi connectivity index (χ0) is 41.5. The lowest BCUT2D eigenvalue weighted by Gasteiger charge is -2.30. The van der Waals surface area contributed by atoms with Crippen LogP contribution in [0.1, 0.15) is 102 Å². The number of halogens is 1. The Kier molecular flexibility index (Phi) is 15.5. The number of hydrogen-bond donors (Lipinski definition) is 1. The predicted octanol–water partition coefficient (Wildman–Crippen LogP) is 9.10. The number of carbonyl (C=O) groups is 1. The Hall–Kier alpha value is -3.20. The van der Waals surface area contributed by atoms with Gasteiger partial charge in [-0.2, -0.15) is 0 Å². The maximum Gasteiger partial charge on any atom is 0.414 e. The highest BCUT2D eigenvalue weighted by Crippen LogP contribution is 2.47. The highest BCUT2D eigenvalue weighted by atomic mass is 31.2. The number of pyridine rings is 1. The molecule has 1 aromatic carbocycles. The predicted molar refractivity (Wildman–Crippen MR) is 213 cm³/mol. The molecule has 1 fully saturated rings. The van der Waals surface area contributed by atoms with E-state index in [0.717, 1.165) is 0 Å². The van der Waals surface area contributed by atoms with E-state index in [-0.39, 0.29) is 23.9 Å². The minimum absolute atomic E-state index is 0.161. The molecule has 1 amide bonds. The van der Waals surface area contributed by atoms with Crippen LogP contribution in [-0.2, 0) is 38.7 Å². The number of hydrogen-bond acceptors (Lipinski definition) is 13. The summed E-state index contributed by atoms with van der Waals surface area (Å²) < 4.78 is 50.5. The van der Waals surface area contributed by atoms with Crippen molar-refractivity contribution in [1.29, 1.82) is 0 Å². The second-order valence-electron chi connectivity index (χ2n) is 17.2. The zero-order valence-electron chi connectivity index (χ0n) is 34.5. The number of cyclic esters (lactones) is 1. The van der Waals surface area contributed by atoms with Crippen LogP contribution in [0.5, 0.6) is 0 Å². The smallest absolute Gasteiger partial charge is 0.414 e. The van der Waals surface area contributed by atoms with Gasteiger partial charge in [0, 0.05) is 36.4 Å². The summed E-state index contributed by atoms with van der Waals surface area (Å²) in [6.45, 7) is 24.1. The average Bonchev–Trinajstić information content (AvgIpc) is 3.80. The molecule has 4 heterocycles. The highest BCUT2D eigenvalue weighted by molar-refractivity contribution is 7.41. The van der Waals surface area contributed by atoms with Crippen LogP contribution < -0.4 is 4.90 Å². The Bertz CT molecular complexity index is 1710. The van der Waals surface area contributed by atoms with Gasteiger partial charge in [-0.1, -0.05) is 16.4 Å². The van der Waals surface area contributed by atoms with Crippen LogP contribution in [0.15, 0.2) is 54.1 Å². The highest BCUT2D eigenvalue weighted by Gasteiger charge is 2.34. The molecule has 5 rings (SSSR count). The molecule has 310 valence electrons. The minimum atomic E-state index is -1.76. The van der Waals surface area contributed by atoms with Gasteiger partial charge < -0.3 is 37.1 Å². The largest absolute Gasteiger partial charge is 0.442 e. The van der Waals surface area contributed by atoms with Crippen molar-refractivity contribution in [2.45, 2.75) is 137 Å². The molecule has 2 aliphatic rings. The van der Waals surface area contributed by atoms with Crippen LogP contribution in [0.4, 0.5) is 14.9 Å². The van der Waals surface area contributed by atoms with Crippen LogP contribution in [0, 0.1) is 5.82 Å². The normalized spacial score (nSPS) is 17.9. The fourth-order valence-electron chi connectivity index (χ4n) is 4.99. The summed E-state index contributed by atoms with van der Waals surface area (Å²) in [6, 6.07) is 8.24. The first-order chi connectivity index (χ1) is 25.9. The SMILES string of the molecule is CC(C)(C)OP(O)OC(C)(C)C.CC(C)(C)OP(OCCC1CC(c2ccc(-c3ccc(N4CC(Cn5ccnn5)OC4=O)cc3F)cn2)=NO1)OC(C)(C)C. The second kappa shape index (κ2) is 19.0. The summed E-state index contributed by atoms with van der Waals surface area (Å²) in [7, 11) is -3.28. The molecule has 0 radical (unpaired) electrons. The van der Waals surface area contributed by atoms with Crippen molar-refractivity contribution in [3.63, 3.8) is 0 Å². The Morgan fingerprint density at radius 3 is 2.07 bits per heavy atom. The summed E-state index contributed by atoms with van der Waals surface area (Å²) in [6.07, 6.45) is 4.91. The van der Waals surface area contributed by atoms with E-state index in [1.807, 2.05) is 83.1 Å². The first-order valence-corrected chi connectivity index (χ1v) is 20.7. The van der Waals surface area contributed by atoms with Gasteiger partial charge in [0.15, 0.2) is 0 Å². The first-order valence-electron chi connectivity index (χ1n) is 18.4. The van der Waals surface area contributed by atoms with Gasteiger partial charge in [0.2, 0.25) is 0 Å². The Morgan fingerprint density at radius 2 is 1.54 bits per heavy atom. The molecule has 18 heteroatoms. The number of oxime groups is 1. The van der Waals surface area contributed by atoms with Gasteiger partial charge in [-0.05, 0) is 107 Å². The Labute approximate surface area is 332 Å². The van der Waals surface area contributed by atoms with E-state index in [0.29, 0.717) is 54.2 Å². The summed E-state index contributed by atoms with van der Waals surface area (Å²) in [4.78, 5) is 33.3. The van der Waals surface area contributed by atoms with Gasteiger partial charge in [0.25, 0.3) is 0 Å². The van der Waals surface area contributed by atoms with E-state index in [1.54, 1.807) is 47.5 Å². The maximum atomic E-state index is 15.2. The lowest BCUT2D eigenvalue weighted by atomic mass is 10.0. The molecule has 3 aromatic rings. The summed E-state index contributed by atoms with van der Waals surface area (Å²) in [5.41, 5.74) is 1.24. The standard InChI is InChI=1S/C30H38FN6O6P.C8H19O3P/c1-29(2,3)42-44(43-30(4,5)6)39-14-11-22-16-27(34-41-22)26-10-7-20(17-32-26)24-9-8-21(15-25(24)31)37-19-23(40-28(37)38)18-36-13-12-33-35-36;1-7(2,3)10-12(9)11-8(4,5)6/h7-10,12-13,15,17,22-23H,11,14,16,18-19H2,1-6H3;9H,1-6H3. The van der Waals surface area contributed by atoms with Crippen LogP contribution in [0.25, 0.3) is 11.1 Å². The summed E-state index contributed by atoms with van der Waals surface area (Å²) >= 11 is 0. The van der Waals surface area contributed by atoms with E-state index in [4.69, 9.17) is 32.2 Å². The molecule has 0 spiro atoms.